The van der Waals surface area contributed by atoms with Gasteiger partial charge in [0, 0.05) is 45.9 Å². The molecule has 0 N–H and O–H groups in total. The third kappa shape index (κ3) is 4.53. The number of esters is 1. The normalized spacial score (nSPS) is 23.1. The third-order valence-electron chi connectivity index (χ3n) is 4.73. The van der Waals surface area contributed by atoms with E-state index in [1.807, 2.05) is 24.3 Å². The van der Waals surface area contributed by atoms with Gasteiger partial charge in [0.2, 0.25) is 0 Å². The van der Waals surface area contributed by atoms with Crippen LogP contribution in [0.5, 0.6) is 0 Å². The Morgan fingerprint density at radius 1 is 1.17 bits per heavy atom. The van der Waals surface area contributed by atoms with Gasteiger partial charge in [-0.3, -0.25) is 9.80 Å². The van der Waals surface area contributed by atoms with Gasteiger partial charge in [0.05, 0.1) is 18.8 Å². The van der Waals surface area contributed by atoms with E-state index in [1.54, 1.807) is 0 Å². The minimum atomic E-state index is -0.278. The fourth-order valence-corrected chi connectivity index (χ4v) is 3.33. The van der Waals surface area contributed by atoms with Gasteiger partial charge >= 0.3 is 5.97 Å². The van der Waals surface area contributed by atoms with E-state index < -0.39 is 0 Å². The van der Waals surface area contributed by atoms with E-state index in [-0.39, 0.29) is 5.97 Å². The highest BCUT2D eigenvalue weighted by molar-refractivity contribution is 5.89. The molecule has 0 radical (unpaired) electrons. The molecule has 1 aromatic rings. The summed E-state index contributed by atoms with van der Waals surface area (Å²) in [6, 6.07) is 7.72. The predicted octanol–water partition coefficient (Wildman–Crippen LogP) is 1.77. The van der Waals surface area contributed by atoms with Crippen molar-refractivity contribution < 1.29 is 14.3 Å². The molecule has 2 aliphatic rings. The Morgan fingerprint density at radius 3 is 2.48 bits per heavy atom. The largest absolute Gasteiger partial charge is 0.465 e. The van der Waals surface area contributed by atoms with Gasteiger partial charge in [-0.15, -0.1) is 0 Å². The second-order valence-electron chi connectivity index (χ2n) is 6.40. The maximum atomic E-state index is 11.4. The SMILES string of the molecule is COC(=O)c1ccc(CN2CCN(CC3CCCO3)CC2)cc1. The van der Waals surface area contributed by atoms with E-state index in [0.717, 1.165) is 45.9 Å². The minimum absolute atomic E-state index is 0.278. The number of nitrogens with zero attached hydrogens (tertiary/aromatic N) is 2. The van der Waals surface area contributed by atoms with Crippen molar-refractivity contribution in [3.05, 3.63) is 35.4 Å². The lowest BCUT2D eigenvalue weighted by Gasteiger charge is -2.35. The highest BCUT2D eigenvalue weighted by Gasteiger charge is 2.22. The standard InChI is InChI=1S/C18H26N2O3/c1-22-18(21)16-6-4-15(5-7-16)13-19-8-10-20(11-9-19)14-17-3-2-12-23-17/h4-7,17H,2-3,8-14H2,1H3. The third-order valence-corrected chi connectivity index (χ3v) is 4.73. The number of benzene rings is 1. The first-order chi connectivity index (χ1) is 11.2. The summed E-state index contributed by atoms with van der Waals surface area (Å²) >= 11 is 0. The zero-order chi connectivity index (χ0) is 16.1. The lowest BCUT2D eigenvalue weighted by molar-refractivity contribution is 0.0489. The zero-order valence-corrected chi connectivity index (χ0v) is 13.9. The van der Waals surface area contributed by atoms with Gasteiger partial charge in [0.25, 0.3) is 0 Å². The van der Waals surface area contributed by atoms with Crippen molar-refractivity contribution in [1.29, 1.82) is 0 Å². The van der Waals surface area contributed by atoms with Crippen LogP contribution in [0, 0.1) is 0 Å². The highest BCUT2D eigenvalue weighted by Crippen LogP contribution is 2.15. The Kier molecular flexibility index (Phi) is 5.65. The summed E-state index contributed by atoms with van der Waals surface area (Å²) < 4.78 is 10.5. The lowest BCUT2D eigenvalue weighted by Crippen LogP contribution is -2.48. The molecule has 2 heterocycles. The molecule has 2 aliphatic heterocycles. The molecular weight excluding hydrogens is 292 g/mol. The van der Waals surface area contributed by atoms with E-state index in [9.17, 15) is 4.79 Å². The van der Waals surface area contributed by atoms with Crippen molar-refractivity contribution in [2.24, 2.45) is 0 Å². The van der Waals surface area contributed by atoms with Crippen LogP contribution in [0.2, 0.25) is 0 Å². The molecular formula is C18H26N2O3. The fourth-order valence-electron chi connectivity index (χ4n) is 3.33. The van der Waals surface area contributed by atoms with Crippen molar-refractivity contribution in [1.82, 2.24) is 9.80 Å². The second-order valence-corrected chi connectivity index (χ2v) is 6.40. The van der Waals surface area contributed by atoms with Crippen LogP contribution in [0.4, 0.5) is 0 Å². The van der Waals surface area contributed by atoms with Gasteiger partial charge in [-0.2, -0.15) is 0 Å². The first-order valence-electron chi connectivity index (χ1n) is 8.48. The summed E-state index contributed by atoms with van der Waals surface area (Å²) in [6.07, 6.45) is 2.88. The predicted molar refractivity (Wildman–Crippen MR) is 88.5 cm³/mol. The number of carbonyl (C=O) groups excluding carboxylic acids is 1. The Morgan fingerprint density at radius 2 is 1.87 bits per heavy atom. The van der Waals surface area contributed by atoms with Gasteiger partial charge in [-0.1, -0.05) is 12.1 Å². The number of methoxy groups -OCH3 is 1. The summed E-state index contributed by atoms with van der Waals surface area (Å²) in [5.41, 5.74) is 1.85. The number of piperazine rings is 1. The summed E-state index contributed by atoms with van der Waals surface area (Å²) in [7, 11) is 1.41. The van der Waals surface area contributed by atoms with Crippen molar-refractivity contribution in [3.63, 3.8) is 0 Å². The molecule has 0 aromatic heterocycles. The van der Waals surface area contributed by atoms with Crippen LogP contribution < -0.4 is 0 Å². The molecule has 1 aromatic carbocycles. The number of ether oxygens (including phenoxy) is 2. The average molecular weight is 318 g/mol. The first kappa shape index (κ1) is 16.4. The Bertz CT molecular complexity index is 504. The summed E-state index contributed by atoms with van der Waals surface area (Å²) in [4.78, 5) is 16.4. The van der Waals surface area contributed by atoms with Crippen LogP contribution in [0.15, 0.2) is 24.3 Å². The topological polar surface area (TPSA) is 42.0 Å². The molecule has 0 saturated carbocycles. The molecule has 1 unspecified atom stereocenters. The summed E-state index contributed by atoms with van der Waals surface area (Å²) in [5, 5.41) is 0. The van der Waals surface area contributed by atoms with Crippen molar-refractivity contribution >= 4 is 5.97 Å². The fraction of sp³-hybridized carbons (Fsp3) is 0.611. The molecule has 2 saturated heterocycles. The van der Waals surface area contributed by atoms with Crippen LogP contribution in [0.3, 0.4) is 0 Å². The maximum Gasteiger partial charge on any atom is 0.337 e. The van der Waals surface area contributed by atoms with Crippen molar-refractivity contribution in [2.75, 3.05) is 46.4 Å². The number of rotatable bonds is 5. The molecule has 5 nitrogen and oxygen atoms in total. The number of carbonyl (C=O) groups is 1. The molecule has 2 fully saturated rings. The van der Waals surface area contributed by atoms with Gasteiger partial charge in [0.15, 0.2) is 0 Å². The van der Waals surface area contributed by atoms with Crippen LogP contribution >= 0.6 is 0 Å². The van der Waals surface area contributed by atoms with E-state index in [1.165, 1.54) is 25.5 Å². The van der Waals surface area contributed by atoms with Gasteiger partial charge in [-0.25, -0.2) is 4.79 Å². The molecule has 23 heavy (non-hydrogen) atoms. The molecule has 0 bridgehead atoms. The Labute approximate surface area is 138 Å². The summed E-state index contributed by atoms with van der Waals surface area (Å²) in [5.74, 6) is -0.278. The minimum Gasteiger partial charge on any atom is -0.465 e. The lowest BCUT2D eigenvalue weighted by atomic mass is 10.1. The van der Waals surface area contributed by atoms with Crippen molar-refractivity contribution in [3.8, 4) is 0 Å². The maximum absolute atomic E-state index is 11.4. The molecule has 0 amide bonds. The molecule has 5 heteroatoms. The summed E-state index contributed by atoms with van der Waals surface area (Å²) in [6.45, 7) is 7.36. The second kappa shape index (κ2) is 7.90. The van der Waals surface area contributed by atoms with E-state index in [2.05, 4.69) is 9.80 Å². The number of hydrogen-bond donors (Lipinski definition) is 0. The average Bonchev–Trinajstić information content (AvgIpc) is 3.10. The zero-order valence-electron chi connectivity index (χ0n) is 13.9. The quantitative estimate of drug-likeness (QED) is 0.774. The molecule has 3 rings (SSSR count). The van der Waals surface area contributed by atoms with E-state index in [4.69, 9.17) is 9.47 Å². The Balaban J connectivity index is 1.44. The molecule has 0 aliphatic carbocycles. The first-order valence-corrected chi connectivity index (χ1v) is 8.48. The van der Waals surface area contributed by atoms with E-state index >= 15 is 0 Å². The molecule has 0 spiro atoms. The van der Waals surface area contributed by atoms with Crippen LogP contribution in [0.25, 0.3) is 0 Å². The van der Waals surface area contributed by atoms with Crippen LogP contribution in [0.1, 0.15) is 28.8 Å². The molecule has 1 atom stereocenters. The highest BCUT2D eigenvalue weighted by atomic mass is 16.5. The van der Waals surface area contributed by atoms with Crippen LogP contribution in [-0.4, -0.2) is 68.3 Å². The van der Waals surface area contributed by atoms with Gasteiger partial charge in [-0.05, 0) is 30.5 Å². The van der Waals surface area contributed by atoms with Crippen LogP contribution in [-0.2, 0) is 16.0 Å². The van der Waals surface area contributed by atoms with Gasteiger partial charge < -0.3 is 9.47 Å². The molecule has 126 valence electrons. The smallest absolute Gasteiger partial charge is 0.337 e. The van der Waals surface area contributed by atoms with E-state index in [0.29, 0.717) is 11.7 Å². The monoisotopic (exact) mass is 318 g/mol. The number of hydrogen-bond acceptors (Lipinski definition) is 5. The van der Waals surface area contributed by atoms with Crippen molar-refractivity contribution in [2.45, 2.75) is 25.5 Å². The van der Waals surface area contributed by atoms with Gasteiger partial charge in [0.1, 0.15) is 0 Å². The Hall–Kier alpha value is -1.43.